The van der Waals surface area contributed by atoms with Crippen molar-refractivity contribution < 1.29 is 4.39 Å². The molecule has 1 atom stereocenters. The van der Waals surface area contributed by atoms with E-state index in [1.165, 1.54) is 25.2 Å². The monoisotopic (exact) mass is 372 g/mol. The molecular formula is C18H18ClFN6. The number of hydrogen-bond acceptors (Lipinski definition) is 5. The molecule has 1 aliphatic rings. The zero-order valence-corrected chi connectivity index (χ0v) is 14.9. The average molecular weight is 373 g/mol. The van der Waals surface area contributed by atoms with Crippen LogP contribution in [0.2, 0.25) is 5.02 Å². The topological polar surface area (TPSA) is 78.5 Å². The first-order valence-corrected chi connectivity index (χ1v) is 8.82. The molecule has 1 fully saturated rings. The van der Waals surface area contributed by atoms with Gasteiger partial charge in [-0.1, -0.05) is 17.7 Å². The highest BCUT2D eigenvalue weighted by Gasteiger charge is 2.25. The maximum absolute atomic E-state index is 13.3. The van der Waals surface area contributed by atoms with Gasteiger partial charge in [-0.2, -0.15) is 5.10 Å². The molecule has 0 aliphatic heterocycles. The lowest BCUT2D eigenvalue weighted by Gasteiger charge is -2.15. The number of rotatable bonds is 6. The van der Waals surface area contributed by atoms with E-state index in [0.29, 0.717) is 17.6 Å². The Hall–Kier alpha value is -2.67. The van der Waals surface area contributed by atoms with Crippen molar-refractivity contribution in [2.24, 2.45) is 0 Å². The molecule has 2 heterocycles. The van der Waals surface area contributed by atoms with E-state index in [0.717, 1.165) is 17.1 Å². The molecule has 0 amide bonds. The van der Waals surface area contributed by atoms with Gasteiger partial charge < -0.3 is 10.6 Å². The summed E-state index contributed by atoms with van der Waals surface area (Å²) in [5.74, 6) is 2.20. The van der Waals surface area contributed by atoms with Crippen LogP contribution in [-0.2, 0) is 0 Å². The fraction of sp³-hybridized carbons (Fsp3) is 0.278. The van der Waals surface area contributed by atoms with Crippen molar-refractivity contribution in [2.75, 3.05) is 10.6 Å². The number of aromatic amines is 1. The molecule has 1 aliphatic carbocycles. The first-order valence-electron chi connectivity index (χ1n) is 8.44. The largest absolute Gasteiger partial charge is 0.363 e. The van der Waals surface area contributed by atoms with Crippen LogP contribution in [0.15, 0.2) is 36.7 Å². The van der Waals surface area contributed by atoms with Crippen molar-refractivity contribution in [3.05, 3.63) is 58.8 Å². The number of hydrogen-bond donors (Lipinski definition) is 3. The Morgan fingerprint density at radius 2 is 1.96 bits per heavy atom. The highest BCUT2D eigenvalue weighted by atomic mass is 35.5. The zero-order chi connectivity index (χ0) is 18.1. The van der Waals surface area contributed by atoms with E-state index in [1.54, 1.807) is 18.2 Å². The van der Waals surface area contributed by atoms with E-state index in [9.17, 15) is 4.39 Å². The lowest BCUT2D eigenvalue weighted by Crippen LogP contribution is -2.09. The van der Waals surface area contributed by atoms with Gasteiger partial charge in [-0.15, -0.1) is 0 Å². The normalized spacial score (nSPS) is 14.9. The van der Waals surface area contributed by atoms with E-state index in [-0.39, 0.29) is 11.1 Å². The molecule has 8 heteroatoms. The molecule has 3 aromatic rings. The number of nitrogens with one attached hydrogen (secondary N) is 3. The van der Waals surface area contributed by atoms with Crippen molar-refractivity contribution in [3.8, 4) is 0 Å². The Bertz CT molecular complexity index is 924. The second kappa shape index (κ2) is 6.92. The van der Waals surface area contributed by atoms with Crippen LogP contribution < -0.4 is 10.6 Å². The fourth-order valence-electron chi connectivity index (χ4n) is 2.73. The van der Waals surface area contributed by atoms with E-state index in [4.69, 9.17) is 11.6 Å². The van der Waals surface area contributed by atoms with E-state index < -0.39 is 5.82 Å². The molecule has 1 aromatic carbocycles. The molecule has 134 valence electrons. The van der Waals surface area contributed by atoms with Crippen LogP contribution in [0.4, 0.5) is 21.8 Å². The van der Waals surface area contributed by atoms with Gasteiger partial charge in [0.25, 0.3) is 0 Å². The maximum atomic E-state index is 13.3. The lowest BCUT2D eigenvalue weighted by atomic mass is 10.1. The Balaban J connectivity index is 1.45. The highest BCUT2D eigenvalue weighted by molar-refractivity contribution is 6.30. The number of H-pyrrole nitrogens is 1. The predicted octanol–water partition coefficient (Wildman–Crippen LogP) is 4.79. The summed E-state index contributed by atoms with van der Waals surface area (Å²) in [6.45, 7) is 1.95. The van der Waals surface area contributed by atoms with Gasteiger partial charge in [0.05, 0.1) is 5.02 Å². The quantitative estimate of drug-likeness (QED) is 0.580. The van der Waals surface area contributed by atoms with Gasteiger partial charge in [-0.05, 0) is 37.5 Å². The summed E-state index contributed by atoms with van der Waals surface area (Å²) in [6, 6.07) is 8.38. The minimum Gasteiger partial charge on any atom is -0.363 e. The van der Waals surface area contributed by atoms with Crippen LogP contribution >= 0.6 is 11.6 Å². The molecule has 0 saturated heterocycles. The molecule has 3 N–H and O–H groups in total. The number of aromatic nitrogens is 4. The Morgan fingerprint density at radius 1 is 1.15 bits per heavy atom. The highest BCUT2D eigenvalue weighted by Crippen LogP contribution is 2.39. The number of halogens is 2. The van der Waals surface area contributed by atoms with Crippen LogP contribution in [0.3, 0.4) is 0 Å². The van der Waals surface area contributed by atoms with Crippen molar-refractivity contribution in [3.63, 3.8) is 0 Å². The molecule has 0 spiro atoms. The van der Waals surface area contributed by atoms with Gasteiger partial charge in [0, 0.05) is 29.8 Å². The van der Waals surface area contributed by atoms with Crippen LogP contribution in [0.25, 0.3) is 0 Å². The third-order valence-electron chi connectivity index (χ3n) is 4.35. The minimum absolute atomic E-state index is 0.0947. The molecule has 0 bridgehead atoms. The van der Waals surface area contributed by atoms with E-state index in [1.807, 2.05) is 13.0 Å². The number of nitrogens with zero attached hydrogens (tertiary/aromatic N) is 3. The summed E-state index contributed by atoms with van der Waals surface area (Å²) in [7, 11) is 0. The summed E-state index contributed by atoms with van der Waals surface area (Å²) < 4.78 is 13.3. The van der Waals surface area contributed by atoms with Crippen molar-refractivity contribution in [2.45, 2.75) is 31.7 Å². The maximum Gasteiger partial charge on any atom is 0.153 e. The number of benzene rings is 1. The standard InChI is InChI=1S/C18H18ClFN6/c1-10(12-4-5-14(20)13(19)6-12)23-16-8-17(22-9-21-16)24-18-7-15(25-26-18)11-2-3-11/h4-11H,2-3H2,1H3,(H3,21,22,23,24,25,26). The van der Waals surface area contributed by atoms with Crippen LogP contribution in [0, 0.1) is 5.82 Å². The SMILES string of the molecule is CC(Nc1cc(Nc2cc(C3CC3)[nH]n2)ncn1)c1ccc(F)c(Cl)c1. The van der Waals surface area contributed by atoms with Gasteiger partial charge in [0.2, 0.25) is 0 Å². The Morgan fingerprint density at radius 3 is 2.73 bits per heavy atom. The summed E-state index contributed by atoms with van der Waals surface area (Å²) in [6.07, 6.45) is 3.91. The third kappa shape index (κ3) is 3.77. The molecule has 1 unspecified atom stereocenters. The minimum atomic E-state index is -0.430. The zero-order valence-electron chi connectivity index (χ0n) is 14.1. The van der Waals surface area contributed by atoms with Gasteiger partial charge in [-0.25, -0.2) is 14.4 Å². The molecule has 6 nitrogen and oxygen atoms in total. The summed E-state index contributed by atoms with van der Waals surface area (Å²) >= 11 is 5.86. The molecule has 4 rings (SSSR count). The first kappa shape index (κ1) is 16.8. The van der Waals surface area contributed by atoms with Gasteiger partial charge >= 0.3 is 0 Å². The lowest BCUT2D eigenvalue weighted by molar-refractivity contribution is 0.627. The molecule has 2 aromatic heterocycles. The Kier molecular flexibility index (Phi) is 4.46. The van der Waals surface area contributed by atoms with E-state index >= 15 is 0 Å². The molecule has 1 saturated carbocycles. The van der Waals surface area contributed by atoms with Crippen LogP contribution in [-0.4, -0.2) is 20.2 Å². The van der Waals surface area contributed by atoms with Crippen LogP contribution in [0.1, 0.15) is 43.0 Å². The summed E-state index contributed by atoms with van der Waals surface area (Å²) in [5.41, 5.74) is 2.02. The van der Waals surface area contributed by atoms with Crippen molar-refractivity contribution >= 4 is 29.1 Å². The summed E-state index contributed by atoms with van der Waals surface area (Å²) in [5, 5.41) is 13.9. The first-order chi connectivity index (χ1) is 12.6. The predicted molar refractivity (Wildman–Crippen MR) is 99.3 cm³/mol. The van der Waals surface area contributed by atoms with Gasteiger partial charge in [0.1, 0.15) is 23.8 Å². The Labute approximate surface area is 155 Å². The smallest absolute Gasteiger partial charge is 0.153 e. The fourth-order valence-corrected chi connectivity index (χ4v) is 2.92. The van der Waals surface area contributed by atoms with E-state index in [2.05, 4.69) is 30.8 Å². The molecular weight excluding hydrogens is 355 g/mol. The molecule has 0 radical (unpaired) electrons. The van der Waals surface area contributed by atoms with Crippen molar-refractivity contribution in [1.82, 2.24) is 20.2 Å². The van der Waals surface area contributed by atoms with Gasteiger partial charge in [0.15, 0.2) is 5.82 Å². The third-order valence-corrected chi connectivity index (χ3v) is 4.64. The van der Waals surface area contributed by atoms with Crippen LogP contribution in [0.5, 0.6) is 0 Å². The van der Waals surface area contributed by atoms with Crippen molar-refractivity contribution in [1.29, 1.82) is 0 Å². The summed E-state index contributed by atoms with van der Waals surface area (Å²) in [4.78, 5) is 8.46. The average Bonchev–Trinajstić information content (AvgIpc) is 3.37. The number of anilines is 3. The second-order valence-electron chi connectivity index (χ2n) is 6.44. The van der Waals surface area contributed by atoms with Gasteiger partial charge in [-0.3, -0.25) is 5.10 Å². The second-order valence-corrected chi connectivity index (χ2v) is 6.84. The molecule has 26 heavy (non-hydrogen) atoms.